The van der Waals surface area contributed by atoms with Crippen molar-refractivity contribution in [3.05, 3.63) is 34.8 Å². The van der Waals surface area contributed by atoms with E-state index in [2.05, 4.69) is 15.0 Å². The summed E-state index contributed by atoms with van der Waals surface area (Å²) in [6.07, 6.45) is -1.64. The Bertz CT molecular complexity index is 950. The quantitative estimate of drug-likeness (QED) is 0.592. The van der Waals surface area contributed by atoms with Crippen molar-refractivity contribution in [2.45, 2.75) is 30.0 Å². The molecule has 0 radical (unpaired) electrons. The monoisotopic (exact) mass is 487 g/mol. The number of alkyl halides is 3. The van der Waals surface area contributed by atoms with Crippen LogP contribution in [0.3, 0.4) is 0 Å². The molecule has 0 saturated carbocycles. The summed E-state index contributed by atoms with van der Waals surface area (Å²) in [6, 6.07) is 4.48. The Morgan fingerprint density at radius 2 is 1.97 bits per heavy atom. The predicted octanol–water partition coefficient (Wildman–Crippen LogP) is 3.36. The third-order valence-corrected chi connectivity index (χ3v) is 6.14. The molecule has 1 aromatic heterocycles. The van der Waals surface area contributed by atoms with Crippen molar-refractivity contribution in [3.8, 4) is 5.75 Å². The van der Waals surface area contributed by atoms with Crippen molar-refractivity contribution >= 4 is 44.1 Å². The normalized spacial score (nSPS) is 15.1. The molecule has 166 valence electrons. The molecule has 0 amide bonds. The number of aromatic nitrogens is 1. The van der Waals surface area contributed by atoms with Gasteiger partial charge in [-0.15, -0.1) is 11.3 Å². The average molecular weight is 488 g/mol. The number of halogens is 4. The smallest absolute Gasteiger partial charge is 0.489 e. The highest BCUT2D eigenvalue weighted by Crippen LogP contribution is 2.30. The number of carbonyl (C=O) groups is 1. The summed E-state index contributed by atoms with van der Waals surface area (Å²) >= 11 is 7.40. The summed E-state index contributed by atoms with van der Waals surface area (Å²) < 4.78 is 64.6. The fraction of sp³-hybridized carbons (Fsp3) is 0.375. The van der Waals surface area contributed by atoms with E-state index in [9.17, 15) is 21.6 Å². The van der Waals surface area contributed by atoms with Gasteiger partial charge in [-0.05, 0) is 44.1 Å². The van der Waals surface area contributed by atoms with Gasteiger partial charge < -0.3 is 15.2 Å². The second-order valence-electron chi connectivity index (χ2n) is 5.91. The molecule has 1 aromatic carbocycles. The number of benzene rings is 1. The zero-order valence-corrected chi connectivity index (χ0v) is 17.5. The first kappa shape index (κ1) is 24.2. The Labute approximate surface area is 179 Å². The molecular weight excluding hydrogens is 471 g/mol. The minimum atomic E-state index is -5.08. The number of piperidine rings is 1. The lowest BCUT2D eigenvalue weighted by molar-refractivity contribution is -0.192. The van der Waals surface area contributed by atoms with Crippen molar-refractivity contribution < 1.29 is 36.2 Å². The van der Waals surface area contributed by atoms with E-state index < -0.39 is 22.2 Å². The van der Waals surface area contributed by atoms with Crippen LogP contribution in [0.4, 0.5) is 18.3 Å². The molecule has 14 heteroatoms. The van der Waals surface area contributed by atoms with Gasteiger partial charge in [0.2, 0.25) is 0 Å². The van der Waals surface area contributed by atoms with Crippen LogP contribution >= 0.6 is 22.9 Å². The fourth-order valence-electron chi connectivity index (χ4n) is 2.28. The molecule has 0 spiro atoms. The summed E-state index contributed by atoms with van der Waals surface area (Å²) in [5.74, 6) is -2.25. The lowest BCUT2D eigenvalue weighted by atomic mass is 10.1. The van der Waals surface area contributed by atoms with Crippen LogP contribution in [0.1, 0.15) is 12.8 Å². The Hall–Kier alpha value is -2.09. The highest BCUT2D eigenvalue weighted by molar-refractivity contribution is 7.93. The van der Waals surface area contributed by atoms with E-state index in [4.69, 9.17) is 26.2 Å². The molecular formula is C16H17ClF3N3O5S2. The molecule has 1 fully saturated rings. The van der Waals surface area contributed by atoms with E-state index in [1.807, 2.05) is 0 Å². The molecule has 3 rings (SSSR count). The van der Waals surface area contributed by atoms with Crippen LogP contribution in [0.2, 0.25) is 5.02 Å². The lowest BCUT2D eigenvalue weighted by Gasteiger charge is -2.24. The maximum atomic E-state index is 12.3. The molecule has 1 saturated heterocycles. The van der Waals surface area contributed by atoms with Crippen molar-refractivity contribution in [3.63, 3.8) is 0 Å². The van der Waals surface area contributed by atoms with Crippen molar-refractivity contribution in [2.24, 2.45) is 0 Å². The molecule has 0 unspecified atom stereocenters. The van der Waals surface area contributed by atoms with Gasteiger partial charge in [0.15, 0.2) is 5.13 Å². The number of sulfonamides is 1. The fourth-order valence-corrected chi connectivity index (χ4v) is 4.39. The van der Waals surface area contributed by atoms with E-state index >= 15 is 0 Å². The first-order valence-electron chi connectivity index (χ1n) is 8.38. The minimum Gasteiger partial charge on any atom is -0.489 e. The largest absolute Gasteiger partial charge is 0.490 e. The number of carboxylic acid groups (broad SMARTS) is 1. The number of nitrogens with zero attached hydrogens (tertiary/aromatic N) is 1. The van der Waals surface area contributed by atoms with Gasteiger partial charge >= 0.3 is 12.1 Å². The topological polar surface area (TPSA) is 118 Å². The molecule has 0 atom stereocenters. The van der Waals surface area contributed by atoms with Crippen LogP contribution in [0.25, 0.3) is 0 Å². The molecule has 30 heavy (non-hydrogen) atoms. The van der Waals surface area contributed by atoms with Crippen LogP contribution in [-0.4, -0.2) is 49.8 Å². The molecule has 1 aliphatic rings. The number of hydrogen-bond donors (Lipinski definition) is 3. The minimum absolute atomic E-state index is 0.0790. The van der Waals surface area contributed by atoms with Crippen LogP contribution in [0, 0.1) is 0 Å². The van der Waals surface area contributed by atoms with Crippen molar-refractivity contribution in [1.29, 1.82) is 0 Å². The van der Waals surface area contributed by atoms with E-state index in [0.29, 0.717) is 10.9 Å². The SMILES string of the molecule is O=C(O)C(F)(F)F.O=S(=O)(Nc1nccs1)c1ccc(OC2CCNCC2)c(Cl)c1. The standard InChI is InChI=1S/C14H16ClN3O3S2.C2HF3O2/c15-12-9-11(23(19,20)18-14-17-7-8-22-14)1-2-13(12)21-10-3-5-16-6-4-10;3-2(4,5)1(6)7/h1-2,7-10,16H,3-6H2,(H,17,18);(H,6,7). The first-order valence-corrected chi connectivity index (χ1v) is 11.1. The number of carboxylic acids is 1. The summed E-state index contributed by atoms with van der Waals surface area (Å²) in [6.45, 7) is 1.82. The maximum absolute atomic E-state index is 12.3. The summed E-state index contributed by atoms with van der Waals surface area (Å²) in [7, 11) is -3.71. The van der Waals surface area contributed by atoms with E-state index in [1.54, 1.807) is 11.4 Å². The zero-order valence-electron chi connectivity index (χ0n) is 15.1. The number of nitrogens with one attached hydrogen (secondary N) is 2. The van der Waals surface area contributed by atoms with Crippen molar-refractivity contribution in [1.82, 2.24) is 10.3 Å². The predicted molar refractivity (Wildman–Crippen MR) is 105 cm³/mol. The Morgan fingerprint density at radius 1 is 1.33 bits per heavy atom. The van der Waals surface area contributed by atoms with Gasteiger partial charge in [-0.2, -0.15) is 13.2 Å². The maximum Gasteiger partial charge on any atom is 0.490 e. The Kier molecular flexibility index (Phi) is 8.29. The third-order valence-electron chi connectivity index (χ3n) is 3.69. The molecule has 0 aliphatic carbocycles. The van der Waals surface area contributed by atoms with Gasteiger partial charge in [0, 0.05) is 11.6 Å². The van der Waals surface area contributed by atoms with Gasteiger partial charge in [0.05, 0.1) is 9.92 Å². The van der Waals surface area contributed by atoms with Crippen LogP contribution in [0.15, 0.2) is 34.7 Å². The number of aliphatic carboxylic acids is 1. The van der Waals surface area contributed by atoms with Gasteiger partial charge in [0.1, 0.15) is 11.9 Å². The van der Waals surface area contributed by atoms with Crippen LogP contribution < -0.4 is 14.8 Å². The highest BCUT2D eigenvalue weighted by atomic mass is 35.5. The zero-order chi connectivity index (χ0) is 22.4. The number of rotatable bonds is 5. The number of ether oxygens (including phenoxy) is 1. The molecule has 2 heterocycles. The van der Waals surface area contributed by atoms with Crippen LogP contribution in [0.5, 0.6) is 5.75 Å². The van der Waals surface area contributed by atoms with Gasteiger partial charge in [0.25, 0.3) is 10.0 Å². The summed E-state index contributed by atoms with van der Waals surface area (Å²) in [5, 5.41) is 12.7. The molecule has 2 aromatic rings. The molecule has 8 nitrogen and oxygen atoms in total. The Balaban J connectivity index is 0.000000396. The number of thiazole rings is 1. The third kappa shape index (κ3) is 7.31. The van der Waals surface area contributed by atoms with Crippen molar-refractivity contribution in [2.75, 3.05) is 17.8 Å². The summed E-state index contributed by atoms with van der Waals surface area (Å²) in [4.78, 5) is 12.9. The number of anilines is 1. The second-order valence-corrected chi connectivity index (χ2v) is 8.89. The van der Waals surface area contributed by atoms with Gasteiger partial charge in [-0.3, -0.25) is 4.72 Å². The van der Waals surface area contributed by atoms with E-state index in [0.717, 1.165) is 25.9 Å². The van der Waals surface area contributed by atoms with Crippen LogP contribution in [-0.2, 0) is 14.8 Å². The average Bonchev–Trinajstić information content (AvgIpc) is 3.16. The molecule has 1 aliphatic heterocycles. The summed E-state index contributed by atoms with van der Waals surface area (Å²) in [5.41, 5.74) is 0. The second kappa shape index (κ2) is 10.3. The van der Waals surface area contributed by atoms with E-state index in [-0.39, 0.29) is 16.0 Å². The molecule has 3 N–H and O–H groups in total. The van der Waals surface area contributed by atoms with E-state index in [1.165, 1.54) is 29.7 Å². The molecule has 0 bridgehead atoms. The lowest BCUT2D eigenvalue weighted by Crippen LogP contribution is -2.34. The first-order chi connectivity index (χ1) is 14.0. The Morgan fingerprint density at radius 3 is 2.47 bits per heavy atom. The highest BCUT2D eigenvalue weighted by Gasteiger charge is 2.38. The number of hydrogen-bond acceptors (Lipinski definition) is 7. The van der Waals surface area contributed by atoms with Gasteiger partial charge in [-0.25, -0.2) is 18.2 Å². The van der Waals surface area contributed by atoms with Gasteiger partial charge in [-0.1, -0.05) is 11.6 Å².